The maximum absolute atomic E-state index is 13.1. The van der Waals surface area contributed by atoms with E-state index in [9.17, 15) is 13.6 Å². The molecule has 24 heavy (non-hydrogen) atoms. The van der Waals surface area contributed by atoms with Gasteiger partial charge in [-0.05, 0) is 25.3 Å². The van der Waals surface area contributed by atoms with Gasteiger partial charge in [0.25, 0.3) is 0 Å². The average molecular weight is 346 g/mol. The van der Waals surface area contributed by atoms with Crippen LogP contribution in [0.25, 0.3) is 0 Å². The Kier molecular flexibility index (Phi) is 10.1. The fraction of sp³-hybridized carbons (Fsp3) is 0.588. The van der Waals surface area contributed by atoms with Crippen molar-refractivity contribution in [2.75, 3.05) is 33.0 Å². The number of ether oxygens (including phenoxy) is 4. The van der Waals surface area contributed by atoms with Gasteiger partial charge in [0.2, 0.25) is 0 Å². The molecule has 0 aliphatic rings. The molecule has 1 rings (SSSR count). The van der Waals surface area contributed by atoms with Crippen LogP contribution in [0.5, 0.6) is 0 Å². The van der Waals surface area contributed by atoms with E-state index in [4.69, 9.17) is 9.47 Å². The number of hydrogen-bond acceptors (Lipinski definition) is 5. The minimum absolute atomic E-state index is 0.0140. The zero-order valence-corrected chi connectivity index (χ0v) is 13.8. The molecule has 0 fully saturated rings. The standard InChI is InChI=1S/C17H24F2O5/c1-2-23-16(20)17(18,19)24-13-12-21-10-6-7-11-22-14-15-8-4-3-5-9-15/h3-5,8-9H,2,6-7,10-14H2,1H3. The molecule has 0 unspecified atom stereocenters. The molecule has 0 aliphatic carbocycles. The Balaban J connectivity index is 1.92. The number of halogens is 2. The molecule has 7 heteroatoms. The summed E-state index contributed by atoms with van der Waals surface area (Å²) in [6, 6.07) is 9.86. The molecule has 0 amide bonds. The molecule has 0 heterocycles. The number of benzene rings is 1. The van der Waals surface area contributed by atoms with Crippen molar-refractivity contribution >= 4 is 5.97 Å². The third kappa shape index (κ3) is 8.90. The van der Waals surface area contributed by atoms with Crippen molar-refractivity contribution in [3.63, 3.8) is 0 Å². The highest BCUT2D eigenvalue weighted by molar-refractivity contribution is 5.75. The van der Waals surface area contributed by atoms with Gasteiger partial charge < -0.3 is 18.9 Å². The molecule has 0 spiro atoms. The first kappa shape index (κ1) is 20.5. The van der Waals surface area contributed by atoms with E-state index in [1.165, 1.54) is 6.92 Å². The Morgan fingerprint density at radius 1 is 1.00 bits per heavy atom. The number of carbonyl (C=O) groups is 1. The van der Waals surface area contributed by atoms with Crippen LogP contribution in [0.15, 0.2) is 30.3 Å². The number of alkyl halides is 2. The van der Waals surface area contributed by atoms with Crippen molar-refractivity contribution in [2.24, 2.45) is 0 Å². The fourth-order valence-electron chi connectivity index (χ4n) is 1.78. The van der Waals surface area contributed by atoms with Crippen LogP contribution in [0, 0.1) is 0 Å². The Morgan fingerprint density at radius 2 is 1.67 bits per heavy atom. The lowest BCUT2D eigenvalue weighted by molar-refractivity contribution is -0.252. The summed E-state index contributed by atoms with van der Waals surface area (Å²) in [6.07, 6.45) is -2.36. The molecule has 136 valence electrons. The molecule has 1 aromatic carbocycles. The number of rotatable bonds is 13. The summed E-state index contributed by atoms with van der Waals surface area (Å²) in [5.41, 5.74) is 1.12. The second-order valence-corrected chi connectivity index (χ2v) is 4.94. The summed E-state index contributed by atoms with van der Waals surface area (Å²) in [4.78, 5) is 10.9. The summed E-state index contributed by atoms with van der Waals surface area (Å²) in [6.45, 7) is 2.52. The van der Waals surface area contributed by atoms with Crippen LogP contribution in [-0.2, 0) is 30.3 Å². The number of unbranched alkanes of at least 4 members (excludes halogenated alkanes) is 1. The van der Waals surface area contributed by atoms with Gasteiger partial charge in [-0.1, -0.05) is 30.3 Å². The van der Waals surface area contributed by atoms with Crippen LogP contribution >= 0.6 is 0 Å². The number of carbonyl (C=O) groups excluding carboxylic acids is 1. The van der Waals surface area contributed by atoms with Crippen LogP contribution in [0.4, 0.5) is 8.78 Å². The van der Waals surface area contributed by atoms with Crippen molar-refractivity contribution in [1.82, 2.24) is 0 Å². The Hall–Kier alpha value is -1.57. The normalized spacial score (nSPS) is 11.5. The van der Waals surface area contributed by atoms with E-state index >= 15 is 0 Å². The first-order valence-electron chi connectivity index (χ1n) is 7.94. The third-order valence-corrected chi connectivity index (χ3v) is 2.96. The van der Waals surface area contributed by atoms with E-state index < -0.39 is 12.1 Å². The van der Waals surface area contributed by atoms with Gasteiger partial charge in [-0.3, -0.25) is 0 Å². The van der Waals surface area contributed by atoms with Crippen molar-refractivity contribution in [1.29, 1.82) is 0 Å². The van der Waals surface area contributed by atoms with Crippen LogP contribution in [0.2, 0.25) is 0 Å². The lowest BCUT2D eigenvalue weighted by Gasteiger charge is -2.14. The van der Waals surface area contributed by atoms with Gasteiger partial charge in [0, 0.05) is 13.2 Å². The Bertz CT molecular complexity index is 454. The zero-order chi connectivity index (χ0) is 17.7. The first-order chi connectivity index (χ1) is 11.6. The van der Waals surface area contributed by atoms with Gasteiger partial charge in [-0.15, -0.1) is 0 Å². The van der Waals surface area contributed by atoms with Gasteiger partial charge >= 0.3 is 12.1 Å². The molecule has 0 aliphatic heterocycles. The zero-order valence-electron chi connectivity index (χ0n) is 13.8. The van der Waals surface area contributed by atoms with E-state index in [1.807, 2.05) is 30.3 Å². The summed E-state index contributed by atoms with van der Waals surface area (Å²) in [5, 5.41) is 0. The van der Waals surface area contributed by atoms with Crippen LogP contribution in [0.3, 0.4) is 0 Å². The molecule has 5 nitrogen and oxygen atoms in total. The second-order valence-electron chi connectivity index (χ2n) is 4.94. The van der Waals surface area contributed by atoms with Gasteiger partial charge in [-0.2, -0.15) is 8.78 Å². The highest BCUT2D eigenvalue weighted by Gasteiger charge is 2.42. The first-order valence-corrected chi connectivity index (χ1v) is 7.94. The van der Waals surface area contributed by atoms with Crippen LogP contribution in [-0.4, -0.2) is 45.1 Å². The monoisotopic (exact) mass is 346 g/mol. The predicted octanol–water partition coefficient (Wildman–Crippen LogP) is 3.17. The lowest BCUT2D eigenvalue weighted by Crippen LogP contribution is -2.35. The average Bonchev–Trinajstić information content (AvgIpc) is 2.57. The molecule has 0 bridgehead atoms. The van der Waals surface area contributed by atoms with Gasteiger partial charge in [-0.25, -0.2) is 4.79 Å². The third-order valence-electron chi connectivity index (χ3n) is 2.96. The smallest absolute Gasteiger partial charge is 0.456 e. The van der Waals surface area contributed by atoms with Gasteiger partial charge in [0.15, 0.2) is 0 Å². The maximum Gasteiger partial charge on any atom is 0.456 e. The maximum atomic E-state index is 13.1. The molecule has 0 aromatic heterocycles. The number of hydrogen-bond donors (Lipinski definition) is 0. The number of esters is 1. The van der Waals surface area contributed by atoms with Crippen LogP contribution in [0.1, 0.15) is 25.3 Å². The van der Waals surface area contributed by atoms with E-state index in [0.29, 0.717) is 19.8 Å². The largest absolute Gasteiger partial charge is 0.460 e. The minimum atomic E-state index is -3.93. The summed E-state index contributed by atoms with van der Waals surface area (Å²) in [7, 11) is 0. The van der Waals surface area contributed by atoms with E-state index in [0.717, 1.165) is 18.4 Å². The molecular formula is C17H24F2O5. The summed E-state index contributed by atoms with van der Waals surface area (Å²) >= 11 is 0. The molecule has 0 saturated heterocycles. The Labute approximate surface area is 140 Å². The molecule has 0 radical (unpaired) electrons. The van der Waals surface area contributed by atoms with Gasteiger partial charge in [0.05, 0.1) is 26.4 Å². The fourth-order valence-corrected chi connectivity index (χ4v) is 1.78. The highest BCUT2D eigenvalue weighted by atomic mass is 19.3. The SMILES string of the molecule is CCOC(=O)C(F)(F)OCCOCCCCOCc1ccccc1. The molecule has 0 atom stereocenters. The van der Waals surface area contributed by atoms with Crippen molar-refractivity contribution in [2.45, 2.75) is 32.5 Å². The predicted molar refractivity (Wildman–Crippen MR) is 83.7 cm³/mol. The van der Waals surface area contributed by atoms with E-state index in [1.54, 1.807) is 0 Å². The summed E-state index contributed by atoms with van der Waals surface area (Å²) in [5.74, 6) is -1.68. The Morgan fingerprint density at radius 3 is 2.33 bits per heavy atom. The van der Waals surface area contributed by atoms with Gasteiger partial charge in [0.1, 0.15) is 0 Å². The molecule has 0 saturated carbocycles. The molecular weight excluding hydrogens is 322 g/mol. The minimum Gasteiger partial charge on any atom is -0.460 e. The topological polar surface area (TPSA) is 54.0 Å². The van der Waals surface area contributed by atoms with Crippen molar-refractivity contribution < 1.29 is 32.5 Å². The molecule has 1 aromatic rings. The molecule has 0 N–H and O–H groups in total. The van der Waals surface area contributed by atoms with E-state index in [2.05, 4.69) is 9.47 Å². The van der Waals surface area contributed by atoms with E-state index in [-0.39, 0.29) is 19.8 Å². The second kappa shape index (κ2) is 11.9. The van der Waals surface area contributed by atoms with Crippen molar-refractivity contribution in [3.8, 4) is 0 Å². The highest BCUT2D eigenvalue weighted by Crippen LogP contribution is 2.17. The lowest BCUT2D eigenvalue weighted by atomic mass is 10.2. The van der Waals surface area contributed by atoms with Crippen molar-refractivity contribution in [3.05, 3.63) is 35.9 Å². The van der Waals surface area contributed by atoms with Crippen LogP contribution < -0.4 is 0 Å². The quantitative estimate of drug-likeness (QED) is 0.406. The summed E-state index contributed by atoms with van der Waals surface area (Å²) < 4.78 is 45.2.